The summed E-state index contributed by atoms with van der Waals surface area (Å²) in [4.78, 5) is 29.0. The largest absolute Gasteiger partial charge is 0.481 e. The number of nitrogens with zero attached hydrogens (tertiary/aromatic N) is 5. The van der Waals surface area contributed by atoms with Gasteiger partial charge in [-0.25, -0.2) is 0 Å². The first-order valence-electron chi connectivity index (χ1n) is 17.0. The summed E-state index contributed by atoms with van der Waals surface area (Å²) < 4.78 is 61.9. The van der Waals surface area contributed by atoms with Crippen molar-refractivity contribution in [3.63, 3.8) is 0 Å². The predicted octanol–water partition coefficient (Wildman–Crippen LogP) is 4.78. The van der Waals surface area contributed by atoms with E-state index in [2.05, 4.69) is 44.0 Å². The average Bonchev–Trinajstić information content (AvgIpc) is 3.12. The Hall–Kier alpha value is -3.94. The maximum absolute atomic E-state index is 13.7. The first-order chi connectivity index (χ1) is 23.7. The van der Waals surface area contributed by atoms with Crippen LogP contribution in [0.15, 0.2) is 60.7 Å². The summed E-state index contributed by atoms with van der Waals surface area (Å²) in [5, 5.41) is 0. The third-order valence-corrected chi connectivity index (χ3v) is 9.58. The zero-order valence-electron chi connectivity index (χ0n) is 28.0. The van der Waals surface area contributed by atoms with E-state index >= 15 is 0 Å². The number of ether oxygens (including phenoxy) is 4. The molecule has 0 bridgehead atoms. The third-order valence-electron chi connectivity index (χ3n) is 9.58. The molecule has 264 valence electrons. The number of carbonyl (C=O) groups excluding carboxylic acids is 1. The van der Waals surface area contributed by atoms with E-state index in [0.29, 0.717) is 51.5 Å². The van der Waals surface area contributed by atoms with Gasteiger partial charge in [0.15, 0.2) is 6.61 Å². The Kier molecular flexibility index (Phi) is 11.2. The molecule has 3 aromatic rings. The van der Waals surface area contributed by atoms with Crippen LogP contribution in [0.2, 0.25) is 0 Å². The number of hydrogen-bond acceptors (Lipinski definition) is 9. The molecule has 0 N–H and O–H groups in total. The Morgan fingerprint density at radius 1 is 0.918 bits per heavy atom. The van der Waals surface area contributed by atoms with Crippen LogP contribution in [-0.2, 0) is 16.1 Å². The van der Waals surface area contributed by atoms with Gasteiger partial charge < -0.3 is 23.8 Å². The molecule has 3 saturated heterocycles. The lowest BCUT2D eigenvalue weighted by atomic mass is 9.81. The van der Waals surface area contributed by atoms with Crippen molar-refractivity contribution in [1.29, 1.82) is 0 Å². The average molecular weight is 684 g/mol. The molecule has 3 aliphatic heterocycles. The first kappa shape index (κ1) is 34.9. The fourth-order valence-electron chi connectivity index (χ4n) is 7.41. The highest BCUT2D eigenvalue weighted by molar-refractivity contribution is 5.79. The number of rotatable bonds is 11. The fourth-order valence-corrected chi connectivity index (χ4v) is 7.41. The summed E-state index contributed by atoms with van der Waals surface area (Å²) in [7, 11) is 1.41. The lowest BCUT2D eigenvalue weighted by molar-refractivity contribution is -0.154. The molecule has 0 radical (unpaired) electrons. The molecule has 2 atom stereocenters. The van der Waals surface area contributed by atoms with E-state index < -0.39 is 12.8 Å². The molecule has 49 heavy (non-hydrogen) atoms. The van der Waals surface area contributed by atoms with Gasteiger partial charge in [0.2, 0.25) is 17.7 Å². The normalized spacial score (nSPS) is 21.0. The van der Waals surface area contributed by atoms with Crippen LogP contribution >= 0.6 is 0 Å². The molecule has 6 rings (SSSR count). The zero-order chi connectivity index (χ0) is 34.4. The van der Waals surface area contributed by atoms with Gasteiger partial charge in [-0.3, -0.25) is 14.6 Å². The van der Waals surface area contributed by atoms with Crippen molar-refractivity contribution < 1.29 is 36.9 Å². The topological polar surface area (TPSA) is 89.5 Å². The predicted molar refractivity (Wildman–Crippen MR) is 176 cm³/mol. The van der Waals surface area contributed by atoms with Crippen LogP contribution in [-0.4, -0.2) is 115 Å². The monoisotopic (exact) mass is 683 g/mol. The summed E-state index contributed by atoms with van der Waals surface area (Å²) >= 11 is 0. The molecule has 2 aromatic carbocycles. The van der Waals surface area contributed by atoms with Gasteiger partial charge in [0.25, 0.3) is 0 Å². The molecule has 0 saturated carbocycles. The van der Waals surface area contributed by atoms with E-state index in [9.17, 15) is 18.0 Å². The molecule has 13 heteroatoms. The van der Waals surface area contributed by atoms with Gasteiger partial charge in [0.1, 0.15) is 0 Å². The van der Waals surface area contributed by atoms with Crippen LogP contribution < -0.4 is 14.2 Å². The molecule has 0 aliphatic carbocycles. The van der Waals surface area contributed by atoms with Crippen molar-refractivity contribution >= 4 is 5.91 Å². The van der Waals surface area contributed by atoms with E-state index in [1.807, 2.05) is 41.3 Å². The highest BCUT2D eigenvalue weighted by Gasteiger charge is 2.44. The Bertz CT molecular complexity index is 1490. The molecule has 1 aromatic heterocycles. The van der Waals surface area contributed by atoms with Crippen molar-refractivity contribution in [3.05, 3.63) is 77.4 Å². The van der Waals surface area contributed by atoms with Crippen LogP contribution in [0.1, 0.15) is 42.4 Å². The van der Waals surface area contributed by atoms with E-state index in [4.69, 9.17) is 18.9 Å². The molecule has 4 heterocycles. The van der Waals surface area contributed by atoms with Crippen molar-refractivity contribution in [2.75, 3.05) is 66.3 Å². The quantitative estimate of drug-likeness (QED) is 0.284. The van der Waals surface area contributed by atoms with Crippen molar-refractivity contribution in [2.45, 2.75) is 50.5 Å². The lowest BCUT2D eigenvalue weighted by Gasteiger charge is -2.54. The summed E-state index contributed by atoms with van der Waals surface area (Å²) in [5.41, 5.74) is 2.64. The number of amides is 1. The standard InChI is InChI=1S/C36H44F3N5O5/c1-3-48-35-40-32(46-2)29(33(41-35)49-24-36(37,38)39)22-42-20-28-21-43(34(45)27-14-18-47-19-15-27)16-17-44(28)30(23-42)31(25-10-6-4-7-11-25)26-12-8-5-9-13-26/h4-13,27-28,30-31H,3,14-24H2,1-2H3/t28-,30+/m1/s1. The van der Waals surface area contributed by atoms with Gasteiger partial charge in [0.05, 0.1) is 19.3 Å². The second-order valence-corrected chi connectivity index (χ2v) is 12.8. The number of fused-ring (bicyclic) bond motifs is 1. The van der Waals surface area contributed by atoms with Gasteiger partial charge in [-0.2, -0.15) is 23.1 Å². The second-order valence-electron chi connectivity index (χ2n) is 12.8. The summed E-state index contributed by atoms with van der Waals surface area (Å²) in [6.45, 7) is 4.85. The molecule has 3 fully saturated rings. The molecular weight excluding hydrogens is 639 g/mol. The third kappa shape index (κ3) is 8.45. The summed E-state index contributed by atoms with van der Waals surface area (Å²) in [6, 6.07) is 20.6. The van der Waals surface area contributed by atoms with Gasteiger partial charge in [-0.05, 0) is 30.9 Å². The van der Waals surface area contributed by atoms with Gasteiger partial charge in [0, 0.05) is 76.4 Å². The number of methoxy groups -OCH3 is 1. The van der Waals surface area contributed by atoms with Crippen molar-refractivity contribution in [2.24, 2.45) is 5.92 Å². The Morgan fingerprint density at radius 2 is 1.57 bits per heavy atom. The van der Waals surface area contributed by atoms with Crippen LogP contribution in [0, 0.1) is 5.92 Å². The fraction of sp³-hybridized carbons (Fsp3) is 0.528. The molecule has 0 spiro atoms. The molecule has 0 unspecified atom stereocenters. The molecular formula is C36H44F3N5O5. The molecule has 3 aliphatic rings. The lowest BCUT2D eigenvalue weighted by Crippen LogP contribution is -2.67. The molecule has 10 nitrogen and oxygen atoms in total. The first-order valence-corrected chi connectivity index (χ1v) is 17.0. The van der Waals surface area contributed by atoms with Crippen molar-refractivity contribution in [3.8, 4) is 17.8 Å². The Labute approximate surface area is 285 Å². The Balaban J connectivity index is 1.36. The van der Waals surface area contributed by atoms with Crippen LogP contribution in [0.5, 0.6) is 17.8 Å². The maximum Gasteiger partial charge on any atom is 0.422 e. The van der Waals surface area contributed by atoms with Crippen LogP contribution in [0.25, 0.3) is 0 Å². The number of aromatic nitrogens is 2. The van der Waals surface area contributed by atoms with E-state index in [-0.39, 0.29) is 60.7 Å². The minimum Gasteiger partial charge on any atom is -0.481 e. The van der Waals surface area contributed by atoms with Gasteiger partial charge >= 0.3 is 12.2 Å². The molecule has 1 amide bonds. The zero-order valence-corrected chi connectivity index (χ0v) is 28.0. The Morgan fingerprint density at radius 3 is 2.18 bits per heavy atom. The van der Waals surface area contributed by atoms with Crippen LogP contribution in [0.3, 0.4) is 0 Å². The number of alkyl halides is 3. The van der Waals surface area contributed by atoms with Gasteiger partial charge in [-0.1, -0.05) is 60.7 Å². The highest BCUT2D eigenvalue weighted by Crippen LogP contribution is 2.38. The summed E-state index contributed by atoms with van der Waals surface area (Å²) in [5.74, 6) is -0.0177. The van der Waals surface area contributed by atoms with Crippen molar-refractivity contribution in [1.82, 2.24) is 24.7 Å². The van der Waals surface area contributed by atoms with E-state index in [1.54, 1.807) is 6.92 Å². The number of benzene rings is 2. The number of piperazine rings is 2. The highest BCUT2D eigenvalue weighted by atomic mass is 19.4. The second kappa shape index (κ2) is 15.7. The smallest absolute Gasteiger partial charge is 0.422 e. The van der Waals surface area contributed by atoms with Crippen LogP contribution in [0.4, 0.5) is 13.2 Å². The van der Waals surface area contributed by atoms with E-state index in [1.165, 1.54) is 7.11 Å². The SMILES string of the molecule is CCOc1nc(OC)c(CN2C[C@@H]3CN(C(=O)C4CCOCC4)CCN3[C@H](C(c3ccccc3)c3ccccc3)C2)c(OCC(F)(F)F)n1. The number of hydrogen-bond donors (Lipinski definition) is 0. The number of halogens is 3. The number of carbonyl (C=O) groups is 1. The minimum absolute atomic E-state index is 0.00938. The summed E-state index contributed by atoms with van der Waals surface area (Å²) in [6.07, 6.45) is -3.12. The minimum atomic E-state index is -4.57. The van der Waals surface area contributed by atoms with Gasteiger partial charge in [-0.15, -0.1) is 0 Å². The van der Waals surface area contributed by atoms with E-state index in [0.717, 1.165) is 24.0 Å². The maximum atomic E-state index is 13.7.